The minimum Gasteiger partial charge on any atom is -0.495 e. The number of nitrogens with two attached hydrogens (primary N) is 1. The highest BCUT2D eigenvalue weighted by molar-refractivity contribution is 6.39. The van der Waals surface area contributed by atoms with Crippen molar-refractivity contribution < 1.29 is 14.3 Å². The minimum atomic E-state index is -0.668. The van der Waals surface area contributed by atoms with Crippen molar-refractivity contribution in [3.8, 4) is 5.75 Å². The van der Waals surface area contributed by atoms with Gasteiger partial charge in [-0.3, -0.25) is 14.5 Å². The summed E-state index contributed by atoms with van der Waals surface area (Å²) in [5, 5.41) is 2.93. The average Bonchev–Trinajstić information content (AvgIpc) is 2.55. The van der Waals surface area contributed by atoms with Gasteiger partial charge in [-0.1, -0.05) is 11.6 Å². The van der Waals surface area contributed by atoms with Crippen molar-refractivity contribution in [2.45, 2.75) is 0 Å². The highest BCUT2D eigenvalue weighted by Gasteiger charge is 2.25. The van der Waals surface area contributed by atoms with Gasteiger partial charge in [0.25, 0.3) is 0 Å². The number of hydrogen-bond donors (Lipinski definition) is 2. The van der Waals surface area contributed by atoms with Crippen LogP contribution in [0.3, 0.4) is 0 Å². The topological polar surface area (TPSA) is 87.9 Å². The molecule has 2 amide bonds. The minimum absolute atomic E-state index is 0.369. The Hall–Kier alpha value is -1.83. The fourth-order valence-corrected chi connectivity index (χ4v) is 2.69. The molecule has 0 radical (unpaired) electrons. The molecule has 0 aromatic heterocycles. The molecule has 1 heterocycles. The predicted molar refractivity (Wildman–Crippen MR) is 88.7 cm³/mol. The first-order chi connectivity index (χ1) is 11.0. The van der Waals surface area contributed by atoms with E-state index in [2.05, 4.69) is 10.2 Å². The fraction of sp³-hybridized carbons (Fsp3) is 0.467. The van der Waals surface area contributed by atoms with Gasteiger partial charge in [0.2, 0.25) is 0 Å². The van der Waals surface area contributed by atoms with Crippen molar-refractivity contribution in [3.05, 3.63) is 23.2 Å². The monoisotopic (exact) mass is 340 g/mol. The Morgan fingerprint density at radius 2 is 2.00 bits per heavy atom. The normalized spacial score (nSPS) is 15.3. The molecule has 1 saturated heterocycles. The Kier molecular flexibility index (Phi) is 6.20. The molecule has 1 fully saturated rings. The van der Waals surface area contributed by atoms with Crippen LogP contribution in [0.1, 0.15) is 0 Å². The summed E-state index contributed by atoms with van der Waals surface area (Å²) in [5.41, 5.74) is 5.97. The van der Waals surface area contributed by atoms with Crippen LogP contribution in [-0.2, 0) is 9.59 Å². The molecule has 2 rings (SSSR count). The molecule has 1 aromatic rings. The summed E-state index contributed by atoms with van der Waals surface area (Å²) >= 11 is 6.00. The first-order valence-corrected chi connectivity index (χ1v) is 7.79. The molecule has 0 unspecified atom stereocenters. The van der Waals surface area contributed by atoms with E-state index in [0.717, 1.165) is 19.6 Å². The summed E-state index contributed by atoms with van der Waals surface area (Å²) in [4.78, 5) is 28.0. The van der Waals surface area contributed by atoms with Gasteiger partial charge in [0, 0.05) is 45.0 Å². The Bertz CT molecular complexity index is 574. The molecule has 0 bridgehead atoms. The average molecular weight is 341 g/mol. The Balaban J connectivity index is 1.90. The van der Waals surface area contributed by atoms with E-state index in [1.807, 2.05) is 0 Å². The van der Waals surface area contributed by atoms with Crippen molar-refractivity contribution in [3.63, 3.8) is 0 Å². The number of methoxy groups -OCH3 is 1. The lowest BCUT2D eigenvalue weighted by molar-refractivity contribution is -0.144. The van der Waals surface area contributed by atoms with Gasteiger partial charge in [0.05, 0.1) is 12.1 Å². The molecule has 1 aliphatic rings. The second-order valence-electron chi connectivity index (χ2n) is 5.23. The second-order valence-corrected chi connectivity index (χ2v) is 5.63. The largest absolute Gasteiger partial charge is 0.495 e. The number of halogens is 1. The summed E-state index contributed by atoms with van der Waals surface area (Å²) < 4.78 is 5.04. The van der Waals surface area contributed by atoms with Gasteiger partial charge in [-0.05, 0) is 18.2 Å². The van der Waals surface area contributed by atoms with E-state index in [9.17, 15) is 9.59 Å². The molecular weight excluding hydrogens is 320 g/mol. The van der Waals surface area contributed by atoms with Gasteiger partial charge in [0.15, 0.2) is 0 Å². The summed E-state index contributed by atoms with van der Waals surface area (Å²) in [5.74, 6) is -0.699. The predicted octanol–water partition coefficient (Wildman–Crippen LogP) is 0.390. The zero-order chi connectivity index (χ0) is 16.8. The van der Waals surface area contributed by atoms with E-state index in [4.69, 9.17) is 22.1 Å². The lowest BCUT2D eigenvalue weighted by Crippen LogP contribution is -2.52. The van der Waals surface area contributed by atoms with Crippen LogP contribution in [0.5, 0.6) is 5.75 Å². The molecule has 0 aliphatic carbocycles. The molecular formula is C15H21ClN4O3. The van der Waals surface area contributed by atoms with Crippen molar-refractivity contribution >= 4 is 29.1 Å². The molecule has 0 saturated carbocycles. The van der Waals surface area contributed by atoms with Crippen molar-refractivity contribution in [1.82, 2.24) is 9.80 Å². The number of anilines is 1. The van der Waals surface area contributed by atoms with Crippen molar-refractivity contribution in [2.75, 3.05) is 51.7 Å². The Labute approximate surface area is 140 Å². The number of carbonyl (C=O) groups excluding carboxylic acids is 2. The lowest BCUT2D eigenvalue weighted by Gasteiger charge is -2.34. The van der Waals surface area contributed by atoms with E-state index in [1.54, 1.807) is 23.1 Å². The zero-order valence-electron chi connectivity index (χ0n) is 13.0. The quantitative estimate of drug-likeness (QED) is 0.774. The van der Waals surface area contributed by atoms with Gasteiger partial charge in [-0.25, -0.2) is 0 Å². The summed E-state index contributed by atoms with van der Waals surface area (Å²) in [6, 6.07) is 4.81. The van der Waals surface area contributed by atoms with Crippen molar-refractivity contribution in [1.29, 1.82) is 0 Å². The summed E-state index contributed by atoms with van der Waals surface area (Å²) in [6.07, 6.45) is 0. The molecule has 1 aliphatic heterocycles. The van der Waals surface area contributed by atoms with Gasteiger partial charge in [-0.2, -0.15) is 0 Å². The van der Waals surface area contributed by atoms with E-state index in [0.29, 0.717) is 36.1 Å². The van der Waals surface area contributed by atoms with Gasteiger partial charge >= 0.3 is 11.8 Å². The smallest absolute Gasteiger partial charge is 0.313 e. The van der Waals surface area contributed by atoms with Crippen LogP contribution in [0.2, 0.25) is 5.02 Å². The number of rotatable bonds is 4. The molecule has 1 aromatic carbocycles. The van der Waals surface area contributed by atoms with Gasteiger partial charge < -0.3 is 20.7 Å². The molecule has 7 nitrogen and oxygen atoms in total. The number of benzene rings is 1. The van der Waals surface area contributed by atoms with Crippen LogP contribution in [0.25, 0.3) is 0 Å². The van der Waals surface area contributed by atoms with Crippen LogP contribution >= 0.6 is 11.6 Å². The van der Waals surface area contributed by atoms with E-state index < -0.39 is 11.8 Å². The van der Waals surface area contributed by atoms with E-state index >= 15 is 0 Å². The zero-order valence-corrected chi connectivity index (χ0v) is 13.8. The lowest BCUT2D eigenvalue weighted by atomic mass is 10.2. The maximum absolute atomic E-state index is 12.2. The molecule has 126 valence electrons. The maximum Gasteiger partial charge on any atom is 0.313 e. The SMILES string of the molecule is COc1ccc(NC(=O)C(=O)N2CCN(CCN)CC2)cc1Cl. The fourth-order valence-electron chi connectivity index (χ4n) is 2.43. The third-order valence-corrected chi connectivity index (χ3v) is 4.00. The highest BCUT2D eigenvalue weighted by Crippen LogP contribution is 2.27. The first kappa shape index (κ1) is 17.5. The third kappa shape index (κ3) is 4.57. The molecule has 0 spiro atoms. The summed E-state index contributed by atoms with van der Waals surface area (Å²) in [6.45, 7) is 3.89. The van der Waals surface area contributed by atoms with E-state index in [-0.39, 0.29) is 0 Å². The maximum atomic E-state index is 12.2. The Morgan fingerprint density at radius 1 is 1.30 bits per heavy atom. The second kappa shape index (κ2) is 8.14. The molecule has 23 heavy (non-hydrogen) atoms. The van der Waals surface area contributed by atoms with Crippen LogP contribution < -0.4 is 15.8 Å². The van der Waals surface area contributed by atoms with Gasteiger partial charge in [0.1, 0.15) is 5.75 Å². The Morgan fingerprint density at radius 3 is 2.57 bits per heavy atom. The molecule has 3 N–H and O–H groups in total. The summed E-state index contributed by atoms with van der Waals surface area (Å²) in [7, 11) is 1.51. The number of nitrogens with zero attached hydrogens (tertiary/aromatic N) is 2. The molecule has 0 atom stereocenters. The van der Waals surface area contributed by atoms with Crippen LogP contribution in [-0.4, -0.2) is 68.0 Å². The molecule has 8 heteroatoms. The van der Waals surface area contributed by atoms with E-state index in [1.165, 1.54) is 7.11 Å². The number of nitrogens with one attached hydrogen (secondary N) is 1. The van der Waals surface area contributed by atoms with Gasteiger partial charge in [-0.15, -0.1) is 0 Å². The van der Waals surface area contributed by atoms with Crippen LogP contribution in [0.4, 0.5) is 5.69 Å². The number of hydrogen-bond acceptors (Lipinski definition) is 5. The third-order valence-electron chi connectivity index (χ3n) is 3.71. The number of carbonyl (C=O) groups is 2. The van der Waals surface area contributed by atoms with Crippen LogP contribution in [0.15, 0.2) is 18.2 Å². The number of amides is 2. The first-order valence-electron chi connectivity index (χ1n) is 7.41. The number of piperazine rings is 1. The highest BCUT2D eigenvalue weighted by atomic mass is 35.5. The standard InChI is InChI=1S/C15H21ClN4O3/c1-23-13-3-2-11(10-12(13)16)18-14(21)15(22)20-8-6-19(5-4-17)7-9-20/h2-3,10H,4-9,17H2,1H3,(H,18,21). The van der Waals surface area contributed by atoms with Crippen LogP contribution in [0, 0.1) is 0 Å². The number of ether oxygens (including phenoxy) is 1. The van der Waals surface area contributed by atoms with Crippen molar-refractivity contribution in [2.24, 2.45) is 5.73 Å².